The molecule has 1 saturated heterocycles. The first-order valence-electron chi connectivity index (χ1n) is 11.5. The number of hydrogen-bond donors (Lipinski definition) is 0. The highest BCUT2D eigenvalue weighted by molar-refractivity contribution is 9.10. The van der Waals surface area contributed by atoms with Gasteiger partial charge in [0.15, 0.2) is 12.2 Å². The van der Waals surface area contributed by atoms with Gasteiger partial charge in [0.25, 0.3) is 0 Å². The zero-order valence-corrected chi connectivity index (χ0v) is 24.1. The van der Waals surface area contributed by atoms with Crippen molar-refractivity contribution in [1.29, 1.82) is 0 Å². The molecule has 0 saturated carbocycles. The second-order valence-electron chi connectivity index (χ2n) is 8.28. The van der Waals surface area contributed by atoms with Gasteiger partial charge in [-0.25, -0.2) is 9.59 Å². The van der Waals surface area contributed by atoms with E-state index in [2.05, 4.69) is 31.9 Å². The Morgan fingerprint density at radius 1 is 0.641 bits per heavy atom. The van der Waals surface area contributed by atoms with E-state index in [1.807, 2.05) is 0 Å². The van der Waals surface area contributed by atoms with Crippen LogP contribution in [0.5, 0.6) is 0 Å². The number of carbonyl (C=O) groups excluding carboxylic acids is 5. The maximum atomic E-state index is 13.0. The second-order valence-corrected chi connectivity index (χ2v) is 10.1. The van der Waals surface area contributed by atoms with Crippen LogP contribution >= 0.6 is 31.9 Å². The van der Waals surface area contributed by atoms with E-state index in [9.17, 15) is 24.0 Å². The van der Waals surface area contributed by atoms with Crippen molar-refractivity contribution < 1.29 is 52.4 Å². The smallest absolute Gasteiger partial charge is 0.338 e. The van der Waals surface area contributed by atoms with Crippen molar-refractivity contribution in [2.24, 2.45) is 0 Å². The minimum atomic E-state index is -1.57. The number of carbonyl (C=O) groups is 5. The number of esters is 5. The van der Waals surface area contributed by atoms with Gasteiger partial charge in [-0.15, -0.1) is 0 Å². The van der Waals surface area contributed by atoms with E-state index in [4.69, 9.17) is 28.4 Å². The van der Waals surface area contributed by atoms with Crippen LogP contribution in [0.15, 0.2) is 57.5 Å². The summed E-state index contributed by atoms with van der Waals surface area (Å²) in [6, 6.07) is 12.6. The molecule has 1 aliphatic heterocycles. The molecule has 3 rings (SSSR count). The highest BCUT2D eigenvalue weighted by Gasteiger charge is 2.54. The maximum absolute atomic E-state index is 13.0. The van der Waals surface area contributed by atoms with Gasteiger partial charge in [-0.05, 0) is 48.5 Å². The van der Waals surface area contributed by atoms with Gasteiger partial charge >= 0.3 is 29.8 Å². The zero-order valence-electron chi connectivity index (χ0n) is 21.0. The number of hydrogen-bond acceptors (Lipinski definition) is 11. The summed E-state index contributed by atoms with van der Waals surface area (Å²) in [5.41, 5.74) is 0.375. The highest BCUT2D eigenvalue weighted by Crippen LogP contribution is 2.31. The average molecular weight is 672 g/mol. The van der Waals surface area contributed by atoms with Crippen molar-refractivity contribution in [2.75, 3.05) is 6.61 Å². The lowest BCUT2D eigenvalue weighted by Gasteiger charge is -2.43. The lowest BCUT2D eigenvalue weighted by molar-refractivity contribution is -0.296. The number of halogens is 2. The Labute approximate surface area is 240 Å². The molecule has 0 spiro atoms. The van der Waals surface area contributed by atoms with Gasteiger partial charge in [-0.3, -0.25) is 14.4 Å². The molecule has 208 valence electrons. The normalized spacial score (nSPS) is 22.2. The number of benzene rings is 2. The van der Waals surface area contributed by atoms with Crippen LogP contribution in [0.1, 0.15) is 41.5 Å². The quantitative estimate of drug-likeness (QED) is 0.299. The fourth-order valence-electron chi connectivity index (χ4n) is 3.66. The van der Waals surface area contributed by atoms with E-state index in [0.29, 0.717) is 0 Å². The largest absolute Gasteiger partial charge is 0.459 e. The molecule has 0 bridgehead atoms. The van der Waals surface area contributed by atoms with E-state index in [1.54, 1.807) is 24.3 Å². The third-order valence-corrected chi connectivity index (χ3v) is 6.32. The van der Waals surface area contributed by atoms with E-state index in [0.717, 1.165) is 29.7 Å². The Morgan fingerprint density at radius 3 is 1.59 bits per heavy atom. The first kappa shape index (κ1) is 30.3. The Kier molecular flexibility index (Phi) is 10.6. The van der Waals surface area contributed by atoms with Crippen LogP contribution in [0.4, 0.5) is 0 Å². The zero-order chi connectivity index (χ0) is 28.7. The molecule has 1 aliphatic rings. The fourth-order valence-corrected chi connectivity index (χ4v) is 4.19. The molecule has 0 aromatic heterocycles. The molecule has 1 fully saturated rings. The summed E-state index contributed by atoms with van der Waals surface area (Å²) < 4.78 is 34.2. The van der Waals surface area contributed by atoms with Crippen molar-refractivity contribution in [3.8, 4) is 0 Å². The van der Waals surface area contributed by atoms with Crippen molar-refractivity contribution in [2.45, 2.75) is 51.5 Å². The fraction of sp³-hybridized carbons (Fsp3) is 0.346. The first-order valence-corrected chi connectivity index (χ1v) is 13.1. The van der Waals surface area contributed by atoms with Gasteiger partial charge < -0.3 is 28.4 Å². The van der Waals surface area contributed by atoms with Crippen LogP contribution in [-0.2, 0) is 42.8 Å². The SMILES string of the molecule is CC(=O)O[C@H]1O[C@H](COC(=O)c2ccc(Br)cc2)[C@H](OC(=O)c2ccc(Br)cc2)[C@H](OC(C)=O)[C@H]1OC(C)=O. The maximum Gasteiger partial charge on any atom is 0.338 e. The summed E-state index contributed by atoms with van der Waals surface area (Å²) >= 11 is 6.57. The van der Waals surface area contributed by atoms with Crippen LogP contribution < -0.4 is 0 Å². The van der Waals surface area contributed by atoms with Crippen LogP contribution in [0.25, 0.3) is 0 Å². The van der Waals surface area contributed by atoms with E-state index < -0.39 is 67.2 Å². The standard InChI is InChI=1S/C26H24Br2O11/c1-13(29)35-22-21(39-25(33)17-6-10-19(28)11-7-17)20(12-34-24(32)16-4-8-18(27)9-5-16)38-26(37-15(3)31)23(22)36-14(2)30/h4-11,20-23,26H,12H2,1-3H3/t20-,21+,22+,23-,26+/m1/s1. The summed E-state index contributed by atoms with van der Waals surface area (Å²) in [7, 11) is 0. The molecule has 2 aromatic rings. The van der Waals surface area contributed by atoms with Crippen molar-refractivity contribution in [3.63, 3.8) is 0 Å². The molecule has 5 atom stereocenters. The Balaban J connectivity index is 1.96. The lowest BCUT2D eigenvalue weighted by Crippen LogP contribution is -2.63. The molecule has 0 amide bonds. The summed E-state index contributed by atoms with van der Waals surface area (Å²) in [4.78, 5) is 61.4. The van der Waals surface area contributed by atoms with Gasteiger partial charge in [-0.1, -0.05) is 31.9 Å². The molecular weight excluding hydrogens is 648 g/mol. The summed E-state index contributed by atoms with van der Waals surface area (Å²) in [6.45, 7) is 2.77. The molecule has 0 N–H and O–H groups in total. The Hall–Kier alpha value is -3.29. The minimum Gasteiger partial charge on any atom is -0.459 e. The summed E-state index contributed by atoms with van der Waals surface area (Å²) in [5, 5.41) is 0. The molecule has 2 aromatic carbocycles. The average Bonchev–Trinajstić information content (AvgIpc) is 2.86. The third kappa shape index (κ3) is 8.60. The van der Waals surface area contributed by atoms with Crippen LogP contribution in [0.3, 0.4) is 0 Å². The van der Waals surface area contributed by atoms with Crippen LogP contribution in [0, 0.1) is 0 Å². The molecule has 13 heteroatoms. The number of ether oxygens (including phenoxy) is 6. The molecular formula is C26H24Br2O11. The van der Waals surface area contributed by atoms with Crippen molar-refractivity contribution >= 4 is 61.7 Å². The van der Waals surface area contributed by atoms with E-state index >= 15 is 0 Å². The van der Waals surface area contributed by atoms with Crippen LogP contribution in [0.2, 0.25) is 0 Å². The molecule has 1 heterocycles. The van der Waals surface area contributed by atoms with Crippen molar-refractivity contribution in [1.82, 2.24) is 0 Å². The first-order chi connectivity index (χ1) is 18.4. The van der Waals surface area contributed by atoms with Crippen molar-refractivity contribution in [3.05, 3.63) is 68.6 Å². The number of rotatable bonds is 8. The monoisotopic (exact) mass is 670 g/mol. The van der Waals surface area contributed by atoms with Gasteiger partial charge in [0.2, 0.25) is 12.4 Å². The predicted octanol–water partition coefficient (Wildman–Crippen LogP) is 3.75. The highest BCUT2D eigenvalue weighted by atomic mass is 79.9. The topological polar surface area (TPSA) is 141 Å². The predicted molar refractivity (Wildman–Crippen MR) is 139 cm³/mol. The summed E-state index contributed by atoms with van der Waals surface area (Å²) in [6.07, 6.45) is -7.31. The lowest BCUT2D eigenvalue weighted by atomic mass is 9.98. The van der Waals surface area contributed by atoms with Gasteiger partial charge in [0.05, 0.1) is 11.1 Å². The van der Waals surface area contributed by atoms with E-state index in [1.165, 1.54) is 24.3 Å². The van der Waals surface area contributed by atoms with Crippen LogP contribution in [-0.4, -0.2) is 67.2 Å². The van der Waals surface area contributed by atoms with E-state index in [-0.39, 0.29) is 11.1 Å². The van der Waals surface area contributed by atoms with Gasteiger partial charge in [0, 0.05) is 29.7 Å². The molecule has 0 radical (unpaired) electrons. The molecule has 11 nitrogen and oxygen atoms in total. The Morgan fingerprint density at radius 2 is 1.10 bits per heavy atom. The molecule has 39 heavy (non-hydrogen) atoms. The molecule has 0 aliphatic carbocycles. The van der Waals surface area contributed by atoms with Gasteiger partial charge in [0.1, 0.15) is 12.7 Å². The third-order valence-electron chi connectivity index (χ3n) is 5.26. The molecule has 0 unspecified atom stereocenters. The summed E-state index contributed by atoms with van der Waals surface area (Å²) in [5.74, 6) is -3.97. The Bertz CT molecular complexity index is 1210. The second kappa shape index (κ2) is 13.7. The minimum absolute atomic E-state index is 0.150. The van der Waals surface area contributed by atoms with Gasteiger partial charge in [-0.2, -0.15) is 0 Å².